The number of fused-ring (bicyclic) bond motifs is 1. The number of rotatable bonds is 3. The molecule has 104 valence electrons. The maximum Gasteiger partial charge on any atom is 0.128 e. The van der Waals surface area contributed by atoms with E-state index in [2.05, 4.69) is 21.8 Å². The Balaban J connectivity index is 1.63. The summed E-state index contributed by atoms with van der Waals surface area (Å²) in [6.45, 7) is 6.19. The van der Waals surface area contributed by atoms with Gasteiger partial charge in [0.25, 0.3) is 0 Å². The normalized spacial score (nSPS) is 24.2. The Kier molecular flexibility index (Phi) is 4.09. The van der Waals surface area contributed by atoms with Crippen molar-refractivity contribution >= 4 is 0 Å². The third-order valence-corrected chi connectivity index (χ3v) is 4.13. The van der Waals surface area contributed by atoms with Crippen molar-refractivity contribution in [2.45, 2.75) is 51.7 Å². The largest absolute Gasteiger partial charge is 0.377 e. The molecule has 3 rings (SSSR count). The summed E-state index contributed by atoms with van der Waals surface area (Å²) in [5, 5.41) is 0. The molecule has 0 bridgehead atoms. The Morgan fingerprint density at radius 3 is 3.16 bits per heavy atom. The standard InChI is InChI=1S/C15H23N3O/c1-2-15-16-9-12-6-7-18(11-14(12)17-15)10-13-5-3-4-8-19-13/h9,13H,2-8,10-11H2,1H3/t13-/m1/s1. The first-order valence-electron chi connectivity index (χ1n) is 7.53. The fraction of sp³-hybridized carbons (Fsp3) is 0.733. The van der Waals surface area contributed by atoms with Crippen molar-refractivity contribution < 1.29 is 4.74 Å². The molecule has 19 heavy (non-hydrogen) atoms. The van der Waals surface area contributed by atoms with Gasteiger partial charge in [-0.3, -0.25) is 4.90 Å². The molecule has 1 atom stereocenters. The van der Waals surface area contributed by atoms with E-state index in [9.17, 15) is 0 Å². The number of aromatic nitrogens is 2. The maximum atomic E-state index is 5.84. The van der Waals surface area contributed by atoms with Gasteiger partial charge in [0.05, 0.1) is 11.8 Å². The second-order valence-corrected chi connectivity index (χ2v) is 5.59. The summed E-state index contributed by atoms with van der Waals surface area (Å²) < 4.78 is 5.84. The first-order chi connectivity index (χ1) is 9.35. The third kappa shape index (κ3) is 3.12. The van der Waals surface area contributed by atoms with Crippen LogP contribution in [0.2, 0.25) is 0 Å². The molecular weight excluding hydrogens is 238 g/mol. The average Bonchev–Trinajstić information content (AvgIpc) is 2.47. The van der Waals surface area contributed by atoms with Gasteiger partial charge in [0.1, 0.15) is 5.82 Å². The lowest BCUT2D eigenvalue weighted by Crippen LogP contribution is -2.39. The molecule has 1 aromatic heterocycles. The van der Waals surface area contributed by atoms with Crippen molar-refractivity contribution in [3.63, 3.8) is 0 Å². The van der Waals surface area contributed by atoms with Gasteiger partial charge in [-0.05, 0) is 31.2 Å². The summed E-state index contributed by atoms with van der Waals surface area (Å²) in [4.78, 5) is 11.6. The van der Waals surface area contributed by atoms with Crippen LogP contribution in [-0.2, 0) is 24.1 Å². The SMILES string of the molecule is CCc1ncc2c(n1)CN(C[C@H]1CCCCO1)CC2. The van der Waals surface area contributed by atoms with E-state index in [0.717, 1.165) is 44.9 Å². The van der Waals surface area contributed by atoms with Crippen LogP contribution in [0.25, 0.3) is 0 Å². The van der Waals surface area contributed by atoms with E-state index >= 15 is 0 Å². The summed E-state index contributed by atoms with van der Waals surface area (Å²) in [6.07, 6.45) is 8.21. The maximum absolute atomic E-state index is 5.84. The van der Waals surface area contributed by atoms with Crippen molar-refractivity contribution in [1.29, 1.82) is 0 Å². The van der Waals surface area contributed by atoms with Gasteiger partial charge < -0.3 is 4.74 Å². The van der Waals surface area contributed by atoms with E-state index in [1.54, 1.807) is 0 Å². The van der Waals surface area contributed by atoms with Gasteiger partial charge in [-0.15, -0.1) is 0 Å². The molecule has 0 aromatic carbocycles. The Bertz CT molecular complexity index is 429. The molecule has 0 aliphatic carbocycles. The van der Waals surface area contributed by atoms with Crippen LogP contribution in [-0.4, -0.2) is 40.7 Å². The van der Waals surface area contributed by atoms with Gasteiger partial charge >= 0.3 is 0 Å². The number of hydrogen-bond donors (Lipinski definition) is 0. The predicted octanol–water partition coefficient (Wildman–Crippen LogP) is 1.97. The van der Waals surface area contributed by atoms with Crippen LogP contribution in [0, 0.1) is 0 Å². The highest BCUT2D eigenvalue weighted by Gasteiger charge is 2.22. The summed E-state index contributed by atoms with van der Waals surface area (Å²) in [7, 11) is 0. The highest BCUT2D eigenvalue weighted by Crippen LogP contribution is 2.20. The van der Waals surface area contributed by atoms with E-state index in [1.807, 2.05) is 6.20 Å². The van der Waals surface area contributed by atoms with Crippen LogP contribution < -0.4 is 0 Å². The summed E-state index contributed by atoms with van der Waals surface area (Å²) in [6, 6.07) is 0. The average molecular weight is 261 g/mol. The number of aryl methyl sites for hydroxylation is 1. The molecule has 1 aromatic rings. The monoisotopic (exact) mass is 261 g/mol. The highest BCUT2D eigenvalue weighted by molar-refractivity contribution is 5.20. The molecule has 4 heteroatoms. The molecule has 0 unspecified atom stereocenters. The minimum atomic E-state index is 0.433. The molecule has 0 amide bonds. The molecular formula is C15H23N3O. The Hall–Kier alpha value is -1.00. The van der Waals surface area contributed by atoms with Crippen LogP contribution in [0.5, 0.6) is 0 Å². The van der Waals surface area contributed by atoms with Crippen LogP contribution >= 0.6 is 0 Å². The zero-order valence-electron chi connectivity index (χ0n) is 11.8. The smallest absolute Gasteiger partial charge is 0.128 e. The highest BCUT2D eigenvalue weighted by atomic mass is 16.5. The van der Waals surface area contributed by atoms with Crippen LogP contribution in [0.3, 0.4) is 0 Å². The summed E-state index contributed by atoms with van der Waals surface area (Å²) >= 11 is 0. The van der Waals surface area contributed by atoms with Crippen molar-refractivity contribution in [2.24, 2.45) is 0 Å². The number of ether oxygens (including phenoxy) is 1. The molecule has 0 N–H and O–H groups in total. The second-order valence-electron chi connectivity index (χ2n) is 5.59. The van der Waals surface area contributed by atoms with Gasteiger partial charge in [0.2, 0.25) is 0 Å². The van der Waals surface area contributed by atoms with E-state index in [1.165, 1.54) is 30.5 Å². The lowest BCUT2D eigenvalue weighted by atomic mass is 10.0. The van der Waals surface area contributed by atoms with Gasteiger partial charge in [0.15, 0.2) is 0 Å². The van der Waals surface area contributed by atoms with Gasteiger partial charge in [-0.25, -0.2) is 9.97 Å². The third-order valence-electron chi connectivity index (χ3n) is 4.13. The molecule has 2 aliphatic rings. The van der Waals surface area contributed by atoms with E-state index in [-0.39, 0.29) is 0 Å². The second kappa shape index (κ2) is 5.97. The zero-order valence-corrected chi connectivity index (χ0v) is 11.8. The first kappa shape index (κ1) is 13.0. The Labute approximate surface area is 115 Å². The van der Waals surface area contributed by atoms with E-state index in [0.29, 0.717) is 6.10 Å². The first-order valence-corrected chi connectivity index (χ1v) is 7.53. The van der Waals surface area contributed by atoms with Crippen molar-refractivity contribution in [1.82, 2.24) is 14.9 Å². The molecule has 0 saturated carbocycles. The topological polar surface area (TPSA) is 38.2 Å². The Morgan fingerprint density at radius 2 is 2.37 bits per heavy atom. The zero-order chi connectivity index (χ0) is 13.1. The fourth-order valence-corrected chi connectivity index (χ4v) is 2.96. The van der Waals surface area contributed by atoms with Gasteiger partial charge in [0, 0.05) is 38.9 Å². The molecule has 2 aliphatic heterocycles. The molecule has 3 heterocycles. The van der Waals surface area contributed by atoms with Gasteiger partial charge in [-0.1, -0.05) is 6.92 Å². The van der Waals surface area contributed by atoms with E-state index in [4.69, 9.17) is 4.74 Å². The fourth-order valence-electron chi connectivity index (χ4n) is 2.96. The lowest BCUT2D eigenvalue weighted by molar-refractivity contribution is -0.00829. The van der Waals surface area contributed by atoms with Crippen LogP contribution in [0.15, 0.2) is 6.20 Å². The van der Waals surface area contributed by atoms with Crippen molar-refractivity contribution in [3.8, 4) is 0 Å². The quantitative estimate of drug-likeness (QED) is 0.834. The van der Waals surface area contributed by atoms with E-state index < -0.39 is 0 Å². The van der Waals surface area contributed by atoms with Crippen LogP contribution in [0.4, 0.5) is 0 Å². The number of nitrogens with zero attached hydrogens (tertiary/aromatic N) is 3. The summed E-state index contributed by atoms with van der Waals surface area (Å²) in [5.74, 6) is 0.967. The minimum Gasteiger partial charge on any atom is -0.377 e. The minimum absolute atomic E-state index is 0.433. The molecule has 0 spiro atoms. The van der Waals surface area contributed by atoms with Crippen molar-refractivity contribution in [3.05, 3.63) is 23.3 Å². The lowest BCUT2D eigenvalue weighted by Gasteiger charge is -2.32. The molecule has 1 saturated heterocycles. The predicted molar refractivity (Wildman–Crippen MR) is 74.0 cm³/mol. The molecule has 0 radical (unpaired) electrons. The Morgan fingerprint density at radius 1 is 1.42 bits per heavy atom. The molecule has 4 nitrogen and oxygen atoms in total. The summed E-state index contributed by atoms with van der Waals surface area (Å²) in [5.41, 5.74) is 2.56. The van der Waals surface area contributed by atoms with Gasteiger partial charge in [-0.2, -0.15) is 0 Å². The van der Waals surface area contributed by atoms with Crippen LogP contribution in [0.1, 0.15) is 43.3 Å². The molecule has 1 fully saturated rings. The number of hydrogen-bond acceptors (Lipinski definition) is 4. The van der Waals surface area contributed by atoms with Crippen molar-refractivity contribution in [2.75, 3.05) is 19.7 Å².